The summed E-state index contributed by atoms with van der Waals surface area (Å²) in [6.07, 6.45) is 2.77. The molecule has 0 saturated carbocycles. The van der Waals surface area contributed by atoms with Crippen LogP contribution >= 0.6 is 23.1 Å². The zero-order chi connectivity index (χ0) is 9.52. The van der Waals surface area contributed by atoms with E-state index in [0.29, 0.717) is 6.04 Å². The van der Waals surface area contributed by atoms with Crippen molar-refractivity contribution in [1.29, 1.82) is 0 Å². The van der Waals surface area contributed by atoms with E-state index in [4.69, 9.17) is 5.84 Å². The molecule has 0 aliphatic heterocycles. The van der Waals surface area contributed by atoms with E-state index in [9.17, 15) is 0 Å². The fourth-order valence-electron chi connectivity index (χ4n) is 0.991. The predicted octanol–water partition coefficient (Wildman–Crippen LogP) is 1.27. The van der Waals surface area contributed by atoms with E-state index in [2.05, 4.69) is 17.3 Å². The average molecular weight is 217 g/mol. The number of aromatic nitrogens is 1. The molecule has 0 fully saturated rings. The molecule has 74 valence electrons. The van der Waals surface area contributed by atoms with Crippen LogP contribution in [0.3, 0.4) is 0 Å². The summed E-state index contributed by atoms with van der Waals surface area (Å²) < 4.78 is 0. The van der Waals surface area contributed by atoms with Gasteiger partial charge in [-0.2, -0.15) is 11.8 Å². The van der Waals surface area contributed by atoms with Crippen LogP contribution in [0.4, 0.5) is 0 Å². The van der Waals surface area contributed by atoms with Gasteiger partial charge in [-0.05, 0) is 5.75 Å². The molecule has 1 aromatic heterocycles. The van der Waals surface area contributed by atoms with Gasteiger partial charge in [0, 0.05) is 29.8 Å². The number of rotatable bonds is 6. The van der Waals surface area contributed by atoms with Crippen LogP contribution in [0, 0.1) is 0 Å². The lowest BCUT2D eigenvalue weighted by atomic mass is 10.2. The van der Waals surface area contributed by atoms with Crippen molar-refractivity contribution in [2.45, 2.75) is 19.4 Å². The van der Waals surface area contributed by atoms with Crippen molar-refractivity contribution in [2.24, 2.45) is 5.84 Å². The van der Waals surface area contributed by atoms with Crippen molar-refractivity contribution in [2.75, 3.05) is 11.5 Å². The largest absolute Gasteiger partial charge is 0.271 e. The number of nitrogens with one attached hydrogen (secondary N) is 1. The Morgan fingerprint density at radius 3 is 3.15 bits per heavy atom. The lowest BCUT2D eigenvalue weighted by Crippen LogP contribution is -2.38. The molecule has 3 nitrogen and oxygen atoms in total. The Morgan fingerprint density at radius 1 is 1.77 bits per heavy atom. The molecule has 3 N–H and O–H groups in total. The van der Waals surface area contributed by atoms with E-state index >= 15 is 0 Å². The summed E-state index contributed by atoms with van der Waals surface area (Å²) in [5.41, 5.74) is 2.82. The lowest BCUT2D eigenvalue weighted by Gasteiger charge is -2.12. The molecule has 0 aliphatic rings. The van der Waals surface area contributed by atoms with Gasteiger partial charge in [0.1, 0.15) is 0 Å². The smallest absolute Gasteiger partial charge is 0.0941 e. The first-order chi connectivity index (χ1) is 6.36. The molecule has 0 radical (unpaired) electrons. The van der Waals surface area contributed by atoms with E-state index in [0.717, 1.165) is 22.9 Å². The van der Waals surface area contributed by atoms with Gasteiger partial charge in [0.15, 0.2) is 0 Å². The van der Waals surface area contributed by atoms with Gasteiger partial charge in [-0.3, -0.25) is 11.3 Å². The Bertz CT molecular complexity index is 213. The van der Waals surface area contributed by atoms with Crippen LogP contribution in [-0.2, 0) is 6.42 Å². The van der Waals surface area contributed by atoms with Crippen LogP contribution in [0.1, 0.15) is 11.9 Å². The van der Waals surface area contributed by atoms with Gasteiger partial charge in [0.05, 0.1) is 5.01 Å². The molecular weight excluding hydrogens is 202 g/mol. The van der Waals surface area contributed by atoms with Crippen molar-refractivity contribution in [3.63, 3.8) is 0 Å². The number of nitrogens with two attached hydrogens (primary N) is 1. The first-order valence-electron chi connectivity index (χ1n) is 4.29. The molecule has 0 bridgehead atoms. The first kappa shape index (κ1) is 11.0. The summed E-state index contributed by atoms with van der Waals surface area (Å²) in [5.74, 6) is 7.63. The summed E-state index contributed by atoms with van der Waals surface area (Å²) in [6.45, 7) is 2.15. The van der Waals surface area contributed by atoms with Crippen molar-refractivity contribution >= 4 is 23.1 Å². The van der Waals surface area contributed by atoms with Gasteiger partial charge in [-0.15, -0.1) is 11.3 Å². The van der Waals surface area contributed by atoms with Crippen LogP contribution in [-0.4, -0.2) is 22.5 Å². The maximum absolute atomic E-state index is 5.44. The Morgan fingerprint density at radius 2 is 2.62 bits per heavy atom. The highest BCUT2D eigenvalue weighted by atomic mass is 32.2. The quantitative estimate of drug-likeness (QED) is 0.556. The summed E-state index contributed by atoms with van der Waals surface area (Å²) >= 11 is 3.58. The van der Waals surface area contributed by atoms with Crippen molar-refractivity contribution in [1.82, 2.24) is 10.4 Å². The van der Waals surface area contributed by atoms with E-state index in [1.807, 2.05) is 23.3 Å². The molecular formula is C8H15N3S2. The van der Waals surface area contributed by atoms with E-state index in [1.165, 1.54) is 0 Å². The molecule has 0 saturated heterocycles. The Kier molecular flexibility index (Phi) is 5.38. The van der Waals surface area contributed by atoms with E-state index in [-0.39, 0.29) is 0 Å². The van der Waals surface area contributed by atoms with E-state index < -0.39 is 0 Å². The number of thiazole rings is 1. The molecule has 1 aromatic rings. The Labute approximate surface area is 87.1 Å². The van der Waals surface area contributed by atoms with Crippen molar-refractivity contribution in [3.05, 3.63) is 16.6 Å². The zero-order valence-corrected chi connectivity index (χ0v) is 9.33. The molecule has 1 atom stereocenters. The van der Waals surface area contributed by atoms with Gasteiger partial charge in [-0.1, -0.05) is 6.92 Å². The SMILES string of the molecule is CCSCC(Cc1nccs1)NN. The minimum absolute atomic E-state index is 0.344. The minimum Gasteiger partial charge on any atom is -0.271 e. The highest BCUT2D eigenvalue weighted by Gasteiger charge is 2.08. The summed E-state index contributed by atoms with van der Waals surface area (Å²) in [6, 6.07) is 0.344. The first-order valence-corrected chi connectivity index (χ1v) is 6.32. The second-order valence-electron chi connectivity index (χ2n) is 2.65. The van der Waals surface area contributed by atoms with Gasteiger partial charge >= 0.3 is 0 Å². The predicted molar refractivity (Wildman–Crippen MR) is 59.9 cm³/mol. The van der Waals surface area contributed by atoms with Crippen molar-refractivity contribution in [3.8, 4) is 0 Å². The van der Waals surface area contributed by atoms with Gasteiger partial charge < -0.3 is 0 Å². The molecule has 0 amide bonds. The molecule has 0 spiro atoms. The lowest BCUT2D eigenvalue weighted by molar-refractivity contribution is 0.574. The van der Waals surface area contributed by atoms with Crippen LogP contribution in [0.25, 0.3) is 0 Å². The Hall–Kier alpha value is -0.100. The third-order valence-electron chi connectivity index (χ3n) is 1.66. The summed E-state index contributed by atoms with van der Waals surface area (Å²) in [5, 5.41) is 3.15. The third kappa shape index (κ3) is 4.08. The molecule has 1 heterocycles. The molecule has 5 heteroatoms. The minimum atomic E-state index is 0.344. The maximum atomic E-state index is 5.44. The highest BCUT2D eigenvalue weighted by molar-refractivity contribution is 7.99. The average Bonchev–Trinajstić information content (AvgIpc) is 2.64. The standard InChI is InChI=1S/C8H15N3S2/c1-2-12-6-7(11-9)5-8-10-3-4-13-8/h3-4,7,11H,2,5-6,9H2,1H3. The fraction of sp³-hybridized carbons (Fsp3) is 0.625. The van der Waals surface area contributed by atoms with Crippen LogP contribution in [0.2, 0.25) is 0 Å². The van der Waals surface area contributed by atoms with Gasteiger partial charge in [0.2, 0.25) is 0 Å². The summed E-state index contributed by atoms with van der Waals surface area (Å²) in [4.78, 5) is 4.23. The van der Waals surface area contributed by atoms with Gasteiger partial charge in [-0.25, -0.2) is 4.98 Å². The topological polar surface area (TPSA) is 50.9 Å². The third-order valence-corrected chi connectivity index (χ3v) is 3.51. The summed E-state index contributed by atoms with van der Waals surface area (Å²) in [7, 11) is 0. The number of hydrogen-bond donors (Lipinski definition) is 2. The molecule has 13 heavy (non-hydrogen) atoms. The maximum Gasteiger partial charge on any atom is 0.0941 e. The van der Waals surface area contributed by atoms with Crippen LogP contribution < -0.4 is 11.3 Å². The number of thioether (sulfide) groups is 1. The monoisotopic (exact) mass is 217 g/mol. The number of hydrogen-bond acceptors (Lipinski definition) is 5. The fourth-order valence-corrected chi connectivity index (χ4v) is 2.42. The molecule has 1 rings (SSSR count). The molecule has 0 aromatic carbocycles. The van der Waals surface area contributed by atoms with Crippen LogP contribution in [0.5, 0.6) is 0 Å². The number of nitrogens with zero attached hydrogens (tertiary/aromatic N) is 1. The van der Waals surface area contributed by atoms with Crippen LogP contribution in [0.15, 0.2) is 11.6 Å². The zero-order valence-electron chi connectivity index (χ0n) is 7.69. The molecule has 0 aliphatic carbocycles. The normalized spacial score (nSPS) is 13.1. The second kappa shape index (κ2) is 6.37. The van der Waals surface area contributed by atoms with Crippen molar-refractivity contribution < 1.29 is 0 Å². The highest BCUT2D eigenvalue weighted by Crippen LogP contribution is 2.10. The van der Waals surface area contributed by atoms with E-state index in [1.54, 1.807) is 11.3 Å². The van der Waals surface area contributed by atoms with Gasteiger partial charge in [0.25, 0.3) is 0 Å². The Balaban J connectivity index is 2.31. The number of hydrazine groups is 1. The molecule has 1 unspecified atom stereocenters. The second-order valence-corrected chi connectivity index (χ2v) is 4.95.